The molecule has 2 heterocycles. The maximum Gasteiger partial charge on any atom is 0.312 e. The van der Waals surface area contributed by atoms with Crippen LogP contribution in [-0.4, -0.2) is 45.1 Å². The topological polar surface area (TPSA) is 89.1 Å². The van der Waals surface area contributed by atoms with Gasteiger partial charge in [0.2, 0.25) is 0 Å². The monoisotopic (exact) mass is 360 g/mol. The number of hydrogen-bond acceptors (Lipinski definition) is 4. The molecule has 1 aliphatic rings. The number of benzene rings is 1. The van der Waals surface area contributed by atoms with Crippen LogP contribution in [0.15, 0.2) is 30.5 Å². The standard InChI is InChI=1S/C18H25FN6O/c1-13(10-14-2-4-15(19)5-3-14)24-8-6-17(7-9-24)25-12-16(22-23-25)11-21-18(20)26/h2-5,12-13,17H,6-11H2,1H3,(H3,20,21,26)/t13-/m1/s1. The molecular formula is C18H25FN6O. The molecule has 2 aromatic rings. The smallest absolute Gasteiger partial charge is 0.312 e. The second-order valence-corrected chi connectivity index (χ2v) is 6.85. The van der Waals surface area contributed by atoms with Crippen molar-refractivity contribution in [2.24, 2.45) is 5.73 Å². The van der Waals surface area contributed by atoms with Gasteiger partial charge in [-0.05, 0) is 43.9 Å². The van der Waals surface area contributed by atoms with Gasteiger partial charge in [-0.2, -0.15) is 0 Å². The molecule has 1 aliphatic heterocycles. The van der Waals surface area contributed by atoms with Crippen LogP contribution < -0.4 is 11.1 Å². The molecule has 1 atom stereocenters. The molecule has 0 saturated carbocycles. The first-order chi connectivity index (χ1) is 12.5. The fraction of sp³-hybridized carbons (Fsp3) is 0.500. The van der Waals surface area contributed by atoms with E-state index in [1.807, 2.05) is 23.0 Å². The third-order valence-electron chi connectivity index (χ3n) is 4.94. The van der Waals surface area contributed by atoms with Gasteiger partial charge in [-0.25, -0.2) is 13.9 Å². The number of carbonyl (C=O) groups is 1. The summed E-state index contributed by atoms with van der Waals surface area (Å²) in [5.74, 6) is -0.194. The molecule has 1 aromatic heterocycles. The lowest BCUT2D eigenvalue weighted by atomic mass is 10.0. The molecule has 1 saturated heterocycles. The Hall–Kier alpha value is -2.48. The summed E-state index contributed by atoms with van der Waals surface area (Å²) in [5.41, 5.74) is 6.93. The Morgan fingerprint density at radius 2 is 2.04 bits per heavy atom. The van der Waals surface area contributed by atoms with E-state index in [2.05, 4.69) is 27.5 Å². The van der Waals surface area contributed by atoms with E-state index in [9.17, 15) is 9.18 Å². The zero-order valence-corrected chi connectivity index (χ0v) is 14.9. The molecule has 7 nitrogen and oxygen atoms in total. The number of hydrogen-bond donors (Lipinski definition) is 2. The number of rotatable bonds is 6. The van der Waals surface area contributed by atoms with Crippen molar-refractivity contribution in [3.63, 3.8) is 0 Å². The largest absolute Gasteiger partial charge is 0.352 e. The number of primary amides is 1. The van der Waals surface area contributed by atoms with E-state index in [0.717, 1.165) is 37.9 Å². The summed E-state index contributed by atoms with van der Waals surface area (Å²) in [5, 5.41) is 10.8. The molecule has 26 heavy (non-hydrogen) atoms. The Kier molecular flexibility index (Phi) is 5.82. The van der Waals surface area contributed by atoms with Gasteiger partial charge in [-0.3, -0.25) is 0 Å². The van der Waals surface area contributed by atoms with Crippen LogP contribution in [0.2, 0.25) is 0 Å². The van der Waals surface area contributed by atoms with Crippen LogP contribution in [0, 0.1) is 5.82 Å². The number of nitrogens with two attached hydrogens (primary N) is 1. The number of aromatic nitrogens is 3. The molecular weight excluding hydrogens is 335 g/mol. The van der Waals surface area contributed by atoms with E-state index in [-0.39, 0.29) is 5.82 Å². The van der Waals surface area contributed by atoms with Gasteiger partial charge >= 0.3 is 6.03 Å². The zero-order chi connectivity index (χ0) is 18.5. The Labute approximate surface area is 152 Å². The first kappa shape index (κ1) is 18.3. The molecule has 0 unspecified atom stereocenters. The summed E-state index contributed by atoms with van der Waals surface area (Å²) in [4.78, 5) is 13.2. The maximum atomic E-state index is 13.0. The average Bonchev–Trinajstić information content (AvgIpc) is 3.11. The highest BCUT2D eigenvalue weighted by molar-refractivity contribution is 5.71. The van der Waals surface area contributed by atoms with Crippen LogP contribution >= 0.6 is 0 Å². The summed E-state index contributed by atoms with van der Waals surface area (Å²) >= 11 is 0. The van der Waals surface area contributed by atoms with E-state index in [4.69, 9.17) is 5.73 Å². The van der Waals surface area contributed by atoms with Crippen molar-refractivity contribution >= 4 is 6.03 Å². The number of likely N-dealkylation sites (tertiary alicyclic amines) is 1. The van der Waals surface area contributed by atoms with Gasteiger partial charge in [0.05, 0.1) is 18.8 Å². The average molecular weight is 360 g/mol. The molecule has 0 bridgehead atoms. The molecule has 1 fully saturated rings. The minimum atomic E-state index is -0.567. The Morgan fingerprint density at radius 3 is 2.69 bits per heavy atom. The third-order valence-corrected chi connectivity index (χ3v) is 4.94. The van der Waals surface area contributed by atoms with Crippen LogP contribution in [0.1, 0.15) is 37.1 Å². The van der Waals surface area contributed by atoms with Crippen LogP contribution in [0.5, 0.6) is 0 Å². The van der Waals surface area contributed by atoms with Gasteiger partial charge < -0.3 is 16.0 Å². The molecule has 140 valence electrons. The molecule has 0 spiro atoms. The van der Waals surface area contributed by atoms with Crippen molar-refractivity contribution in [1.29, 1.82) is 0 Å². The van der Waals surface area contributed by atoms with E-state index in [0.29, 0.717) is 24.3 Å². The summed E-state index contributed by atoms with van der Waals surface area (Å²) in [6.07, 6.45) is 4.79. The number of piperidine rings is 1. The predicted molar refractivity (Wildman–Crippen MR) is 95.9 cm³/mol. The summed E-state index contributed by atoms with van der Waals surface area (Å²) in [6, 6.07) is 6.91. The van der Waals surface area contributed by atoms with Gasteiger partial charge in [0.25, 0.3) is 0 Å². The third kappa shape index (κ3) is 4.78. The van der Waals surface area contributed by atoms with Gasteiger partial charge in [-0.1, -0.05) is 17.3 Å². The Bertz CT molecular complexity index is 724. The number of amides is 2. The van der Waals surface area contributed by atoms with Crippen molar-refractivity contribution in [3.05, 3.63) is 47.5 Å². The minimum absolute atomic E-state index is 0.194. The summed E-state index contributed by atoms with van der Waals surface area (Å²) in [6.45, 7) is 4.49. The molecule has 0 radical (unpaired) electrons. The van der Waals surface area contributed by atoms with Crippen molar-refractivity contribution in [2.75, 3.05) is 13.1 Å². The van der Waals surface area contributed by atoms with Gasteiger partial charge in [-0.15, -0.1) is 5.10 Å². The second kappa shape index (κ2) is 8.27. The van der Waals surface area contributed by atoms with Crippen LogP contribution in [0.3, 0.4) is 0 Å². The number of halogens is 1. The van der Waals surface area contributed by atoms with E-state index < -0.39 is 6.03 Å². The van der Waals surface area contributed by atoms with Gasteiger partial charge in [0.1, 0.15) is 11.5 Å². The van der Waals surface area contributed by atoms with E-state index in [1.165, 1.54) is 12.1 Å². The van der Waals surface area contributed by atoms with Crippen LogP contribution in [0.25, 0.3) is 0 Å². The van der Waals surface area contributed by atoms with Crippen molar-refractivity contribution < 1.29 is 9.18 Å². The van der Waals surface area contributed by atoms with Crippen LogP contribution in [0.4, 0.5) is 9.18 Å². The lowest BCUT2D eigenvalue weighted by molar-refractivity contribution is 0.137. The Morgan fingerprint density at radius 1 is 1.35 bits per heavy atom. The van der Waals surface area contributed by atoms with E-state index in [1.54, 1.807) is 0 Å². The maximum absolute atomic E-state index is 13.0. The molecule has 3 N–H and O–H groups in total. The first-order valence-corrected chi connectivity index (χ1v) is 8.94. The predicted octanol–water partition coefficient (Wildman–Crippen LogP) is 1.85. The fourth-order valence-corrected chi connectivity index (χ4v) is 3.43. The number of carbonyl (C=O) groups excluding carboxylic acids is 1. The first-order valence-electron chi connectivity index (χ1n) is 8.94. The van der Waals surface area contributed by atoms with Crippen molar-refractivity contribution in [3.8, 4) is 0 Å². The molecule has 1 aromatic carbocycles. The molecule has 0 aliphatic carbocycles. The lowest BCUT2D eigenvalue weighted by Gasteiger charge is -2.36. The van der Waals surface area contributed by atoms with Crippen molar-refractivity contribution in [1.82, 2.24) is 25.2 Å². The number of nitrogens with one attached hydrogen (secondary N) is 1. The normalized spacial score (nSPS) is 17.2. The van der Waals surface area contributed by atoms with E-state index >= 15 is 0 Å². The quantitative estimate of drug-likeness (QED) is 0.823. The molecule has 3 rings (SSSR count). The van der Waals surface area contributed by atoms with Gasteiger partial charge in [0, 0.05) is 19.1 Å². The number of urea groups is 1. The second-order valence-electron chi connectivity index (χ2n) is 6.85. The SMILES string of the molecule is C[C@H](Cc1ccc(F)cc1)N1CCC(n2cc(CNC(N)=O)nn2)CC1. The summed E-state index contributed by atoms with van der Waals surface area (Å²) < 4.78 is 14.9. The zero-order valence-electron chi connectivity index (χ0n) is 14.9. The van der Waals surface area contributed by atoms with Crippen LogP contribution in [-0.2, 0) is 13.0 Å². The highest BCUT2D eigenvalue weighted by Crippen LogP contribution is 2.24. The highest BCUT2D eigenvalue weighted by atomic mass is 19.1. The minimum Gasteiger partial charge on any atom is -0.352 e. The van der Waals surface area contributed by atoms with Crippen molar-refractivity contribution in [2.45, 2.75) is 44.8 Å². The fourth-order valence-electron chi connectivity index (χ4n) is 3.43. The number of nitrogens with zero attached hydrogens (tertiary/aromatic N) is 4. The Balaban J connectivity index is 1.49. The van der Waals surface area contributed by atoms with Gasteiger partial charge in [0.15, 0.2) is 0 Å². The summed E-state index contributed by atoms with van der Waals surface area (Å²) in [7, 11) is 0. The lowest BCUT2D eigenvalue weighted by Crippen LogP contribution is -2.41. The highest BCUT2D eigenvalue weighted by Gasteiger charge is 2.24. The molecule has 8 heteroatoms. The molecule has 2 amide bonds.